The summed E-state index contributed by atoms with van der Waals surface area (Å²) in [6.45, 7) is 2.11. The van der Waals surface area contributed by atoms with Crippen LogP contribution < -0.4 is 4.90 Å². The van der Waals surface area contributed by atoms with Gasteiger partial charge in [-0.1, -0.05) is 18.2 Å². The van der Waals surface area contributed by atoms with Crippen LogP contribution in [0.5, 0.6) is 0 Å². The van der Waals surface area contributed by atoms with E-state index in [4.69, 9.17) is 10.5 Å². The highest BCUT2D eigenvalue weighted by atomic mass is 15.1. The number of hydrogen-bond acceptors (Lipinski definition) is 3. The van der Waals surface area contributed by atoms with E-state index in [0.717, 1.165) is 24.3 Å². The maximum atomic E-state index is 8.83. The van der Waals surface area contributed by atoms with Crippen molar-refractivity contribution in [2.45, 2.75) is 19.3 Å². The summed E-state index contributed by atoms with van der Waals surface area (Å²) in [5.74, 6) is 0. The summed E-state index contributed by atoms with van der Waals surface area (Å²) in [5.41, 5.74) is 2.23. The van der Waals surface area contributed by atoms with E-state index in [1.165, 1.54) is 19.3 Å². The quantitative estimate of drug-likeness (QED) is 0.742. The van der Waals surface area contributed by atoms with Crippen LogP contribution in [0.1, 0.15) is 24.8 Å². The van der Waals surface area contributed by atoms with E-state index in [2.05, 4.69) is 11.0 Å². The zero-order valence-electron chi connectivity index (χ0n) is 10.3. The lowest BCUT2D eigenvalue weighted by Crippen LogP contribution is -2.29. The molecule has 0 aromatic heterocycles. The number of nitrogens with zero attached hydrogens (tertiary/aromatic N) is 3. The molecule has 0 bridgehead atoms. The van der Waals surface area contributed by atoms with E-state index in [1.54, 1.807) is 6.08 Å². The van der Waals surface area contributed by atoms with Crippen LogP contribution in [0.25, 0.3) is 6.08 Å². The third kappa shape index (κ3) is 2.70. The maximum absolute atomic E-state index is 8.83. The molecule has 2 rings (SSSR count). The monoisotopic (exact) mass is 237 g/mol. The minimum Gasteiger partial charge on any atom is -0.371 e. The van der Waals surface area contributed by atoms with Gasteiger partial charge < -0.3 is 4.90 Å². The molecule has 0 saturated carbocycles. The van der Waals surface area contributed by atoms with Gasteiger partial charge in [-0.2, -0.15) is 10.5 Å². The molecule has 1 fully saturated rings. The molecule has 1 aromatic carbocycles. The van der Waals surface area contributed by atoms with Gasteiger partial charge in [-0.15, -0.1) is 0 Å². The van der Waals surface area contributed by atoms with Crippen LogP contribution in [0.4, 0.5) is 5.69 Å². The third-order valence-electron chi connectivity index (χ3n) is 3.17. The van der Waals surface area contributed by atoms with Crippen LogP contribution in [-0.2, 0) is 0 Å². The molecule has 1 heterocycles. The molecule has 0 N–H and O–H groups in total. The normalized spacial score (nSPS) is 14.4. The first-order chi connectivity index (χ1) is 8.85. The third-order valence-corrected chi connectivity index (χ3v) is 3.17. The molecular formula is C15H15N3. The van der Waals surface area contributed by atoms with Crippen LogP contribution in [0.15, 0.2) is 29.8 Å². The second-order valence-electron chi connectivity index (χ2n) is 4.39. The topological polar surface area (TPSA) is 50.8 Å². The highest BCUT2D eigenvalue weighted by Gasteiger charge is 2.13. The Kier molecular flexibility index (Phi) is 3.99. The Morgan fingerprint density at radius 2 is 1.72 bits per heavy atom. The molecule has 90 valence electrons. The number of rotatable bonds is 2. The molecule has 1 aliphatic heterocycles. The van der Waals surface area contributed by atoms with Crippen molar-refractivity contribution in [2.24, 2.45) is 0 Å². The van der Waals surface area contributed by atoms with E-state index < -0.39 is 0 Å². The summed E-state index contributed by atoms with van der Waals surface area (Å²) in [4.78, 5) is 2.34. The number of hydrogen-bond donors (Lipinski definition) is 0. The summed E-state index contributed by atoms with van der Waals surface area (Å²) < 4.78 is 0. The number of allylic oxidation sites excluding steroid dienone is 1. The molecule has 3 heteroatoms. The molecular weight excluding hydrogens is 222 g/mol. The van der Waals surface area contributed by atoms with Gasteiger partial charge >= 0.3 is 0 Å². The van der Waals surface area contributed by atoms with E-state index >= 15 is 0 Å². The molecule has 18 heavy (non-hydrogen) atoms. The molecule has 0 spiro atoms. The van der Waals surface area contributed by atoms with Crippen LogP contribution in [0.3, 0.4) is 0 Å². The molecule has 1 saturated heterocycles. The summed E-state index contributed by atoms with van der Waals surface area (Å²) >= 11 is 0. The molecule has 0 unspecified atom stereocenters. The number of anilines is 1. The average molecular weight is 237 g/mol. The second-order valence-corrected chi connectivity index (χ2v) is 4.39. The summed E-state index contributed by atoms with van der Waals surface area (Å²) in [5, 5.41) is 17.7. The van der Waals surface area contributed by atoms with Crippen molar-refractivity contribution in [3.05, 3.63) is 35.4 Å². The Hall–Kier alpha value is -2.26. The smallest absolute Gasteiger partial charge is 0.130 e. The lowest BCUT2D eigenvalue weighted by Gasteiger charge is -2.30. The molecule has 0 aliphatic carbocycles. The Morgan fingerprint density at radius 3 is 2.39 bits per heavy atom. The fraction of sp³-hybridized carbons (Fsp3) is 0.333. The second kappa shape index (κ2) is 5.89. The van der Waals surface area contributed by atoms with Crippen molar-refractivity contribution in [3.63, 3.8) is 0 Å². The minimum absolute atomic E-state index is 0.152. The van der Waals surface area contributed by atoms with Gasteiger partial charge in [0.25, 0.3) is 0 Å². The average Bonchev–Trinajstić information content (AvgIpc) is 2.46. The van der Waals surface area contributed by atoms with E-state index in [9.17, 15) is 0 Å². The summed E-state index contributed by atoms with van der Waals surface area (Å²) in [7, 11) is 0. The van der Waals surface area contributed by atoms with Gasteiger partial charge in [-0.05, 0) is 37.0 Å². The van der Waals surface area contributed by atoms with Crippen LogP contribution >= 0.6 is 0 Å². The fourth-order valence-electron chi connectivity index (χ4n) is 2.28. The van der Waals surface area contributed by atoms with Crippen LogP contribution in [-0.4, -0.2) is 13.1 Å². The Labute approximate surface area is 108 Å². The Balaban J connectivity index is 2.34. The standard InChI is InChI=1S/C15H15N3/c16-11-13(12-17)10-14-6-2-3-7-15(14)18-8-4-1-5-9-18/h2-3,6-7,10H,1,4-5,8-9H2. The minimum atomic E-state index is 0.152. The number of nitriles is 2. The highest BCUT2D eigenvalue weighted by molar-refractivity contribution is 5.72. The molecule has 0 amide bonds. The Morgan fingerprint density at radius 1 is 1.06 bits per heavy atom. The lowest BCUT2D eigenvalue weighted by molar-refractivity contribution is 0.577. The first-order valence-corrected chi connectivity index (χ1v) is 6.21. The van der Waals surface area contributed by atoms with Crippen molar-refractivity contribution in [1.29, 1.82) is 10.5 Å². The van der Waals surface area contributed by atoms with Crippen LogP contribution in [0, 0.1) is 22.7 Å². The van der Waals surface area contributed by atoms with E-state index in [0.29, 0.717) is 0 Å². The predicted molar refractivity (Wildman–Crippen MR) is 71.7 cm³/mol. The van der Waals surface area contributed by atoms with Crippen molar-refractivity contribution < 1.29 is 0 Å². The molecule has 1 aromatic rings. The molecule has 0 atom stereocenters. The van der Waals surface area contributed by atoms with E-state index in [1.807, 2.05) is 30.3 Å². The lowest BCUT2D eigenvalue weighted by atomic mass is 10.1. The summed E-state index contributed by atoms with van der Waals surface area (Å²) in [6, 6.07) is 11.8. The first kappa shape index (κ1) is 12.2. The summed E-state index contributed by atoms with van der Waals surface area (Å²) in [6.07, 6.45) is 5.38. The van der Waals surface area contributed by atoms with Crippen LogP contribution in [0.2, 0.25) is 0 Å². The first-order valence-electron chi connectivity index (χ1n) is 6.21. The maximum Gasteiger partial charge on any atom is 0.130 e. The largest absolute Gasteiger partial charge is 0.371 e. The van der Waals surface area contributed by atoms with Crippen molar-refractivity contribution in [3.8, 4) is 12.1 Å². The Bertz CT molecular complexity index is 509. The van der Waals surface area contributed by atoms with Gasteiger partial charge in [0, 0.05) is 18.8 Å². The van der Waals surface area contributed by atoms with Crippen molar-refractivity contribution in [1.82, 2.24) is 0 Å². The number of para-hydroxylation sites is 1. The number of benzene rings is 1. The molecule has 3 nitrogen and oxygen atoms in total. The van der Waals surface area contributed by atoms with Gasteiger partial charge in [-0.25, -0.2) is 0 Å². The van der Waals surface area contributed by atoms with Gasteiger partial charge in [-0.3, -0.25) is 0 Å². The highest BCUT2D eigenvalue weighted by Crippen LogP contribution is 2.25. The van der Waals surface area contributed by atoms with Gasteiger partial charge in [0.15, 0.2) is 0 Å². The zero-order valence-corrected chi connectivity index (χ0v) is 10.3. The van der Waals surface area contributed by atoms with Gasteiger partial charge in [0.05, 0.1) is 0 Å². The van der Waals surface area contributed by atoms with Crippen molar-refractivity contribution in [2.75, 3.05) is 18.0 Å². The van der Waals surface area contributed by atoms with E-state index in [-0.39, 0.29) is 5.57 Å². The number of piperidine rings is 1. The zero-order chi connectivity index (χ0) is 12.8. The van der Waals surface area contributed by atoms with Gasteiger partial charge in [0.1, 0.15) is 17.7 Å². The predicted octanol–water partition coefficient (Wildman–Crippen LogP) is 3.11. The van der Waals surface area contributed by atoms with Crippen molar-refractivity contribution >= 4 is 11.8 Å². The SMILES string of the molecule is N#CC(C#N)=Cc1ccccc1N1CCCCC1. The molecule has 0 radical (unpaired) electrons. The fourth-order valence-corrected chi connectivity index (χ4v) is 2.28. The van der Waals surface area contributed by atoms with Gasteiger partial charge in [0.2, 0.25) is 0 Å². The molecule has 1 aliphatic rings.